The SMILES string of the molecule is COc1ccc2c(CCc3cccc4ccccc34)c3[n+](cc2c1OC)CCc1cc2c(cc1-3)OCO2. The number of benzene rings is 4. The average molecular weight is 491 g/mol. The fraction of sp³-hybridized carbons (Fsp3) is 0.219. The zero-order chi connectivity index (χ0) is 24.9. The van der Waals surface area contributed by atoms with Gasteiger partial charge in [-0.05, 0) is 59.0 Å². The van der Waals surface area contributed by atoms with Crippen molar-refractivity contribution in [2.45, 2.75) is 25.8 Å². The highest BCUT2D eigenvalue weighted by Gasteiger charge is 2.32. The predicted molar refractivity (Wildman–Crippen MR) is 144 cm³/mol. The zero-order valence-electron chi connectivity index (χ0n) is 21.0. The van der Waals surface area contributed by atoms with E-state index in [-0.39, 0.29) is 6.79 Å². The minimum atomic E-state index is 0.279. The number of rotatable bonds is 5. The Bertz CT molecular complexity index is 1690. The first-order valence-electron chi connectivity index (χ1n) is 12.7. The number of pyridine rings is 1. The summed E-state index contributed by atoms with van der Waals surface area (Å²) in [6.07, 6.45) is 4.98. The van der Waals surface area contributed by atoms with E-state index in [0.29, 0.717) is 0 Å². The summed E-state index contributed by atoms with van der Waals surface area (Å²) >= 11 is 0. The van der Waals surface area contributed by atoms with Crippen LogP contribution in [0.3, 0.4) is 0 Å². The van der Waals surface area contributed by atoms with Crippen molar-refractivity contribution < 1.29 is 23.5 Å². The van der Waals surface area contributed by atoms with E-state index in [1.54, 1.807) is 14.2 Å². The molecule has 5 heteroatoms. The van der Waals surface area contributed by atoms with Crippen LogP contribution in [-0.4, -0.2) is 21.0 Å². The smallest absolute Gasteiger partial charge is 0.231 e. The average Bonchev–Trinajstić information content (AvgIpc) is 3.40. The topological polar surface area (TPSA) is 40.8 Å². The first-order chi connectivity index (χ1) is 18.2. The molecule has 0 saturated carbocycles. The van der Waals surface area contributed by atoms with Gasteiger partial charge in [0.15, 0.2) is 35.7 Å². The molecule has 0 spiro atoms. The minimum Gasteiger partial charge on any atom is -0.493 e. The van der Waals surface area contributed by atoms with Gasteiger partial charge in [-0.3, -0.25) is 0 Å². The highest BCUT2D eigenvalue weighted by Crippen LogP contribution is 2.44. The lowest BCUT2D eigenvalue weighted by Crippen LogP contribution is -2.41. The lowest BCUT2D eigenvalue weighted by molar-refractivity contribution is -0.686. The number of ether oxygens (including phenoxy) is 4. The normalized spacial score (nSPS) is 13.5. The molecular weight excluding hydrogens is 462 g/mol. The van der Waals surface area contributed by atoms with Gasteiger partial charge in [0.1, 0.15) is 0 Å². The Morgan fingerprint density at radius 1 is 0.811 bits per heavy atom. The van der Waals surface area contributed by atoms with Crippen molar-refractivity contribution in [1.82, 2.24) is 0 Å². The Hall–Kier alpha value is -4.25. The fourth-order valence-electron chi connectivity index (χ4n) is 6.03. The second-order valence-electron chi connectivity index (χ2n) is 9.66. The van der Waals surface area contributed by atoms with Gasteiger partial charge < -0.3 is 18.9 Å². The highest BCUT2D eigenvalue weighted by atomic mass is 16.7. The van der Waals surface area contributed by atoms with E-state index in [1.807, 2.05) is 6.07 Å². The Morgan fingerprint density at radius 3 is 2.51 bits per heavy atom. The van der Waals surface area contributed by atoms with Crippen molar-refractivity contribution in [2.24, 2.45) is 0 Å². The van der Waals surface area contributed by atoms with Crippen LogP contribution >= 0.6 is 0 Å². The number of aromatic nitrogens is 1. The van der Waals surface area contributed by atoms with Gasteiger partial charge in [-0.2, -0.15) is 4.57 Å². The molecule has 184 valence electrons. The summed E-state index contributed by atoms with van der Waals surface area (Å²) in [6.45, 7) is 1.17. The standard InChI is InChI=1S/C32H28NO4/c1-34-28-13-12-24-25(11-10-21-8-5-7-20-6-3-4-9-23(20)21)31-26-17-30-29(36-19-37-30)16-22(26)14-15-33(31)18-27(24)32(28)35-2/h3-9,12-13,16-18H,10-11,14-15,19H2,1-2H3/q+1. The number of hydrogen-bond donors (Lipinski definition) is 0. The van der Waals surface area contributed by atoms with Crippen LogP contribution in [0.2, 0.25) is 0 Å². The van der Waals surface area contributed by atoms with Gasteiger partial charge in [0, 0.05) is 17.4 Å². The van der Waals surface area contributed by atoms with Crippen molar-refractivity contribution in [3.8, 4) is 34.3 Å². The number of methoxy groups -OCH3 is 2. The van der Waals surface area contributed by atoms with E-state index in [9.17, 15) is 0 Å². The summed E-state index contributed by atoms with van der Waals surface area (Å²) in [6, 6.07) is 23.8. The van der Waals surface area contributed by atoms with E-state index >= 15 is 0 Å². The predicted octanol–water partition coefficient (Wildman–Crippen LogP) is 6.03. The maximum Gasteiger partial charge on any atom is 0.231 e. The lowest BCUT2D eigenvalue weighted by Gasteiger charge is -2.21. The van der Waals surface area contributed by atoms with E-state index in [2.05, 4.69) is 71.4 Å². The third-order valence-electron chi connectivity index (χ3n) is 7.77. The molecule has 0 fully saturated rings. The van der Waals surface area contributed by atoms with Crippen molar-refractivity contribution >= 4 is 21.5 Å². The van der Waals surface area contributed by atoms with Gasteiger partial charge in [0.25, 0.3) is 0 Å². The summed E-state index contributed by atoms with van der Waals surface area (Å²) in [7, 11) is 3.41. The van der Waals surface area contributed by atoms with Gasteiger partial charge in [-0.1, -0.05) is 42.5 Å². The molecule has 0 atom stereocenters. The van der Waals surface area contributed by atoms with E-state index in [4.69, 9.17) is 18.9 Å². The molecule has 0 amide bonds. The van der Waals surface area contributed by atoms with Crippen LogP contribution in [0.1, 0.15) is 16.7 Å². The third-order valence-corrected chi connectivity index (χ3v) is 7.77. The van der Waals surface area contributed by atoms with Crippen molar-refractivity contribution in [2.75, 3.05) is 21.0 Å². The molecule has 2 aliphatic heterocycles. The second-order valence-corrected chi connectivity index (χ2v) is 9.66. The second kappa shape index (κ2) is 8.70. The molecule has 0 N–H and O–H groups in total. The Kier molecular flexibility index (Phi) is 5.17. The lowest BCUT2D eigenvalue weighted by atomic mass is 9.88. The number of fused-ring (bicyclic) bond motifs is 6. The van der Waals surface area contributed by atoms with Gasteiger partial charge in [0.2, 0.25) is 12.5 Å². The number of hydrogen-bond acceptors (Lipinski definition) is 4. The molecular formula is C32H28NO4+. The molecule has 5 aromatic rings. The van der Waals surface area contributed by atoms with Gasteiger partial charge in [-0.25, -0.2) is 0 Å². The Balaban J connectivity index is 1.45. The maximum atomic E-state index is 5.87. The molecule has 5 nitrogen and oxygen atoms in total. The molecule has 2 aliphatic rings. The van der Waals surface area contributed by atoms with E-state index in [0.717, 1.165) is 54.2 Å². The molecule has 3 heterocycles. The van der Waals surface area contributed by atoms with Crippen LogP contribution < -0.4 is 23.5 Å². The summed E-state index contributed by atoms with van der Waals surface area (Å²) < 4.78 is 25.4. The molecule has 0 unspecified atom stereocenters. The minimum absolute atomic E-state index is 0.279. The van der Waals surface area contributed by atoms with Crippen molar-refractivity contribution in [1.29, 1.82) is 0 Å². The maximum absolute atomic E-state index is 5.87. The fourth-order valence-corrected chi connectivity index (χ4v) is 6.03. The van der Waals surface area contributed by atoms with Gasteiger partial charge in [0.05, 0.1) is 25.2 Å². The third kappa shape index (κ3) is 3.49. The van der Waals surface area contributed by atoms with Crippen LogP contribution in [0, 0.1) is 0 Å². The van der Waals surface area contributed by atoms with Gasteiger partial charge >= 0.3 is 0 Å². The first kappa shape index (κ1) is 22.0. The molecule has 0 bridgehead atoms. The molecule has 0 radical (unpaired) electrons. The van der Waals surface area contributed by atoms with Gasteiger partial charge in [-0.15, -0.1) is 0 Å². The van der Waals surface area contributed by atoms with Crippen LogP contribution in [0.4, 0.5) is 0 Å². The number of nitrogens with zero attached hydrogens (tertiary/aromatic N) is 1. The molecule has 37 heavy (non-hydrogen) atoms. The molecule has 0 aliphatic carbocycles. The number of aryl methyl sites for hydroxylation is 4. The van der Waals surface area contributed by atoms with E-state index in [1.165, 1.54) is 44.1 Å². The first-order valence-corrected chi connectivity index (χ1v) is 12.7. The summed E-state index contributed by atoms with van der Waals surface area (Å²) in [5.41, 5.74) is 6.44. The van der Waals surface area contributed by atoms with Crippen molar-refractivity contribution in [3.63, 3.8) is 0 Å². The van der Waals surface area contributed by atoms with Crippen LogP contribution in [0.5, 0.6) is 23.0 Å². The zero-order valence-corrected chi connectivity index (χ0v) is 21.0. The largest absolute Gasteiger partial charge is 0.493 e. The monoisotopic (exact) mass is 490 g/mol. The summed E-state index contributed by atoms with van der Waals surface area (Å²) in [5.74, 6) is 3.18. The summed E-state index contributed by atoms with van der Waals surface area (Å²) in [5, 5.41) is 4.85. The molecule has 7 rings (SSSR count). The van der Waals surface area contributed by atoms with Crippen LogP contribution in [0.25, 0.3) is 32.8 Å². The molecule has 4 aromatic carbocycles. The van der Waals surface area contributed by atoms with Crippen molar-refractivity contribution in [3.05, 3.63) is 89.6 Å². The highest BCUT2D eigenvalue weighted by molar-refractivity contribution is 5.95. The Labute approximate surface area is 215 Å². The summed E-state index contributed by atoms with van der Waals surface area (Å²) in [4.78, 5) is 0. The van der Waals surface area contributed by atoms with Crippen LogP contribution in [-0.2, 0) is 25.8 Å². The quantitative estimate of drug-likeness (QED) is 0.282. The molecule has 0 saturated heterocycles. The van der Waals surface area contributed by atoms with E-state index < -0.39 is 0 Å². The van der Waals surface area contributed by atoms with Crippen LogP contribution in [0.15, 0.2) is 72.9 Å². The Morgan fingerprint density at radius 2 is 1.65 bits per heavy atom. The molecule has 1 aromatic heterocycles.